The summed E-state index contributed by atoms with van der Waals surface area (Å²) in [6.07, 6.45) is 0. The largest absolute Gasteiger partial charge is 0.325 e. The Labute approximate surface area is 206 Å². The first-order chi connectivity index (χ1) is 16.5. The number of carbonyl (C=O) groups is 1. The van der Waals surface area contributed by atoms with Crippen molar-refractivity contribution < 1.29 is 4.79 Å². The van der Waals surface area contributed by atoms with Crippen LogP contribution in [0.4, 0.5) is 5.69 Å². The van der Waals surface area contributed by atoms with E-state index in [0.29, 0.717) is 5.16 Å². The van der Waals surface area contributed by atoms with Gasteiger partial charge in [0.2, 0.25) is 5.91 Å². The van der Waals surface area contributed by atoms with Crippen molar-refractivity contribution >= 4 is 44.9 Å². The number of hydrogen-bond donors (Lipinski definition) is 1. The zero-order valence-corrected chi connectivity index (χ0v) is 20.7. The average Bonchev–Trinajstić information content (AvgIpc) is 3.42. The average molecular weight is 486 g/mol. The van der Waals surface area contributed by atoms with Gasteiger partial charge < -0.3 is 9.88 Å². The molecule has 6 nitrogen and oxygen atoms in total. The molecule has 2 heterocycles. The maximum Gasteiger partial charge on any atom is 0.234 e. The van der Waals surface area contributed by atoms with Crippen molar-refractivity contribution in [1.82, 2.24) is 19.7 Å². The van der Waals surface area contributed by atoms with Gasteiger partial charge >= 0.3 is 0 Å². The topological polar surface area (TPSA) is 72.7 Å². The summed E-state index contributed by atoms with van der Waals surface area (Å²) in [7, 11) is 1.91. The fourth-order valence-corrected chi connectivity index (χ4v) is 5.35. The van der Waals surface area contributed by atoms with Gasteiger partial charge in [-0.05, 0) is 55.8 Å². The lowest BCUT2D eigenvalue weighted by Crippen LogP contribution is -2.14. The third kappa shape index (κ3) is 4.73. The molecule has 5 aromatic rings. The van der Waals surface area contributed by atoms with E-state index in [0.717, 1.165) is 33.2 Å². The van der Waals surface area contributed by atoms with Gasteiger partial charge in [0, 0.05) is 23.9 Å². The number of nitrogens with one attached hydrogen (secondary N) is 1. The molecule has 34 heavy (non-hydrogen) atoms. The van der Waals surface area contributed by atoms with Crippen LogP contribution in [0.15, 0.2) is 71.9 Å². The highest BCUT2D eigenvalue weighted by Crippen LogP contribution is 2.31. The van der Waals surface area contributed by atoms with Crippen LogP contribution in [0.5, 0.6) is 0 Å². The number of carbonyl (C=O) groups excluding carboxylic acids is 1. The van der Waals surface area contributed by atoms with Crippen molar-refractivity contribution in [3.63, 3.8) is 0 Å². The monoisotopic (exact) mass is 485 g/mol. The number of nitrogens with zero attached hydrogens (tertiary/aromatic N) is 4. The van der Waals surface area contributed by atoms with Crippen LogP contribution >= 0.6 is 23.1 Å². The minimum absolute atomic E-state index is 0.0897. The number of fused-ring (bicyclic) bond motifs is 1. The maximum atomic E-state index is 12.5. The molecule has 0 aliphatic heterocycles. The number of thiazole rings is 1. The molecule has 0 spiro atoms. The standard InChI is InChI=1S/C26H23N5OS2/c1-16-4-7-18(8-5-16)24-29-30-26(31(24)3)33-15-23(32)27-20-11-9-19(10-12-20)25-28-21-13-6-17(2)14-22(21)34-25/h4-14H,15H2,1-3H3,(H,27,32). The van der Waals surface area contributed by atoms with Gasteiger partial charge in [-0.2, -0.15) is 0 Å². The second-order valence-corrected chi connectivity index (χ2v) is 10.1. The molecular weight excluding hydrogens is 462 g/mol. The molecule has 0 saturated heterocycles. The van der Waals surface area contributed by atoms with Crippen molar-refractivity contribution in [1.29, 1.82) is 0 Å². The minimum atomic E-state index is -0.0897. The third-order valence-electron chi connectivity index (χ3n) is 5.44. The molecule has 0 bridgehead atoms. The number of amides is 1. The van der Waals surface area contributed by atoms with Gasteiger partial charge in [-0.1, -0.05) is 47.7 Å². The van der Waals surface area contributed by atoms with Crippen molar-refractivity contribution in [3.8, 4) is 22.0 Å². The Morgan fingerprint density at radius 1 is 0.941 bits per heavy atom. The summed E-state index contributed by atoms with van der Waals surface area (Å²) < 4.78 is 3.09. The molecule has 1 amide bonds. The molecule has 0 saturated carbocycles. The molecule has 0 aliphatic rings. The van der Waals surface area contributed by atoms with E-state index in [9.17, 15) is 4.79 Å². The number of rotatable bonds is 6. The Kier molecular flexibility index (Phi) is 6.17. The van der Waals surface area contributed by atoms with Crippen LogP contribution in [0.3, 0.4) is 0 Å². The first kappa shape index (κ1) is 22.3. The molecule has 1 N–H and O–H groups in total. The summed E-state index contributed by atoms with van der Waals surface area (Å²) in [5.74, 6) is 0.940. The van der Waals surface area contributed by atoms with Gasteiger partial charge in [0.1, 0.15) is 5.01 Å². The van der Waals surface area contributed by atoms with Crippen LogP contribution < -0.4 is 5.32 Å². The molecule has 0 aliphatic carbocycles. The Morgan fingerprint density at radius 2 is 1.65 bits per heavy atom. The van der Waals surface area contributed by atoms with Gasteiger partial charge in [0.15, 0.2) is 11.0 Å². The fraction of sp³-hybridized carbons (Fsp3) is 0.154. The van der Waals surface area contributed by atoms with Crippen LogP contribution in [0.1, 0.15) is 11.1 Å². The van der Waals surface area contributed by atoms with Gasteiger partial charge in [0.25, 0.3) is 0 Å². The Bertz CT molecular complexity index is 1470. The van der Waals surface area contributed by atoms with Crippen molar-refractivity contribution in [2.24, 2.45) is 7.05 Å². The van der Waals surface area contributed by atoms with E-state index in [4.69, 9.17) is 4.98 Å². The summed E-state index contributed by atoms with van der Waals surface area (Å²) in [6.45, 7) is 4.14. The zero-order valence-electron chi connectivity index (χ0n) is 19.1. The van der Waals surface area contributed by atoms with E-state index >= 15 is 0 Å². The Hall–Kier alpha value is -3.49. The second-order valence-electron chi connectivity index (χ2n) is 8.14. The summed E-state index contributed by atoms with van der Waals surface area (Å²) in [4.78, 5) is 17.2. The van der Waals surface area contributed by atoms with E-state index in [1.165, 1.54) is 27.6 Å². The van der Waals surface area contributed by atoms with E-state index in [-0.39, 0.29) is 11.7 Å². The molecule has 5 rings (SSSR count). The molecule has 170 valence electrons. The maximum absolute atomic E-state index is 12.5. The number of hydrogen-bond acceptors (Lipinski definition) is 6. The van der Waals surface area contributed by atoms with E-state index in [2.05, 4.69) is 47.6 Å². The van der Waals surface area contributed by atoms with Gasteiger partial charge in [0.05, 0.1) is 16.0 Å². The van der Waals surface area contributed by atoms with Crippen LogP contribution in [0, 0.1) is 13.8 Å². The molecule has 0 unspecified atom stereocenters. The normalized spacial score (nSPS) is 11.1. The highest BCUT2D eigenvalue weighted by atomic mass is 32.2. The smallest absolute Gasteiger partial charge is 0.234 e. The van der Waals surface area contributed by atoms with Gasteiger partial charge in [-0.25, -0.2) is 4.98 Å². The highest BCUT2D eigenvalue weighted by molar-refractivity contribution is 7.99. The van der Waals surface area contributed by atoms with Crippen LogP contribution in [0.25, 0.3) is 32.2 Å². The van der Waals surface area contributed by atoms with Crippen LogP contribution in [-0.2, 0) is 11.8 Å². The second kappa shape index (κ2) is 9.40. The van der Waals surface area contributed by atoms with Crippen molar-refractivity contribution in [3.05, 3.63) is 77.9 Å². The first-order valence-electron chi connectivity index (χ1n) is 10.8. The predicted octanol–water partition coefficient (Wildman–Crippen LogP) is 6.11. The molecular formula is C26H23N5OS2. The lowest BCUT2D eigenvalue weighted by Gasteiger charge is -2.06. The lowest BCUT2D eigenvalue weighted by molar-refractivity contribution is -0.113. The van der Waals surface area contributed by atoms with Crippen LogP contribution in [0.2, 0.25) is 0 Å². The van der Waals surface area contributed by atoms with Crippen LogP contribution in [-0.4, -0.2) is 31.4 Å². The van der Waals surface area contributed by atoms with E-state index in [1.54, 1.807) is 11.3 Å². The summed E-state index contributed by atoms with van der Waals surface area (Å²) >= 11 is 3.04. The Morgan fingerprint density at radius 3 is 2.41 bits per heavy atom. The van der Waals surface area contributed by atoms with Crippen molar-refractivity contribution in [2.45, 2.75) is 19.0 Å². The Balaban J connectivity index is 1.21. The third-order valence-corrected chi connectivity index (χ3v) is 7.52. The number of benzene rings is 3. The molecule has 3 aromatic carbocycles. The van der Waals surface area contributed by atoms with E-state index in [1.807, 2.05) is 60.1 Å². The number of aryl methyl sites for hydroxylation is 2. The highest BCUT2D eigenvalue weighted by Gasteiger charge is 2.13. The predicted molar refractivity (Wildman–Crippen MR) is 140 cm³/mol. The van der Waals surface area contributed by atoms with Gasteiger partial charge in [-0.3, -0.25) is 4.79 Å². The van der Waals surface area contributed by atoms with Crippen molar-refractivity contribution in [2.75, 3.05) is 11.1 Å². The zero-order chi connectivity index (χ0) is 23.7. The number of anilines is 1. The summed E-state index contributed by atoms with van der Waals surface area (Å²) in [5.41, 5.74) is 6.22. The molecule has 0 radical (unpaired) electrons. The van der Waals surface area contributed by atoms with E-state index < -0.39 is 0 Å². The molecule has 2 aromatic heterocycles. The fourth-order valence-electron chi connectivity index (χ4n) is 3.57. The van der Waals surface area contributed by atoms with Gasteiger partial charge in [-0.15, -0.1) is 21.5 Å². The molecule has 0 fully saturated rings. The first-order valence-corrected chi connectivity index (χ1v) is 12.6. The summed E-state index contributed by atoms with van der Waals surface area (Å²) in [6, 6.07) is 22.2. The molecule has 8 heteroatoms. The quantitative estimate of drug-likeness (QED) is 0.294. The minimum Gasteiger partial charge on any atom is -0.325 e. The lowest BCUT2D eigenvalue weighted by atomic mass is 10.1. The summed E-state index contributed by atoms with van der Waals surface area (Å²) in [5, 5.41) is 13.2. The molecule has 0 atom stereocenters. The number of aromatic nitrogens is 4. The number of thioether (sulfide) groups is 1. The SMILES string of the molecule is Cc1ccc(-c2nnc(SCC(=O)Nc3ccc(-c4nc5ccc(C)cc5s4)cc3)n2C)cc1.